The van der Waals surface area contributed by atoms with Crippen LogP contribution < -0.4 is 14.8 Å². The van der Waals surface area contributed by atoms with Crippen LogP contribution in [0.25, 0.3) is 0 Å². The second kappa shape index (κ2) is 9.61. The van der Waals surface area contributed by atoms with Crippen molar-refractivity contribution in [1.29, 1.82) is 0 Å². The van der Waals surface area contributed by atoms with Crippen molar-refractivity contribution in [1.82, 2.24) is 14.5 Å². The summed E-state index contributed by atoms with van der Waals surface area (Å²) >= 11 is 0. The van der Waals surface area contributed by atoms with E-state index in [0.717, 1.165) is 11.1 Å². The number of fused-ring (bicyclic) bond motifs is 1. The van der Waals surface area contributed by atoms with Crippen LogP contribution in [0.1, 0.15) is 31.0 Å². The summed E-state index contributed by atoms with van der Waals surface area (Å²) in [6.45, 7) is 8.25. The zero-order valence-corrected chi connectivity index (χ0v) is 20.1. The van der Waals surface area contributed by atoms with Crippen molar-refractivity contribution in [3.8, 4) is 11.5 Å². The van der Waals surface area contributed by atoms with Gasteiger partial charge in [-0.15, -0.1) is 0 Å². The fourth-order valence-electron chi connectivity index (χ4n) is 4.10. The quantitative estimate of drug-likeness (QED) is 0.721. The van der Waals surface area contributed by atoms with E-state index in [1.54, 1.807) is 29.2 Å². The highest BCUT2D eigenvalue weighted by Gasteiger charge is 2.31. The highest BCUT2D eigenvalue weighted by atomic mass is 32.2. The van der Waals surface area contributed by atoms with Crippen LogP contribution in [0.5, 0.6) is 11.5 Å². The zero-order valence-electron chi connectivity index (χ0n) is 19.3. The summed E-state index contributed by atoms with van der Waals surface area (Å²) in [7, 11) is -3.57. The number of ether oxygens (including phenoxy) is 2. The molecule has 0 bridgehead atoms. The van der Waals surface area contributed by atoms with E-state index in [2.05, 4.69) is 5.32 Å². The van der Waals surface area contributed by atoms with E-state index < -0.39 is 10.0 Å². The number of piperazine rings is 1. The number of amides is 2. The number of nitrogens with one attached hydrogen (secondary N) is 1. The first-order chi connectivity index (χ1) is 15.8. The van der Waals surface area contributed by atoms with Crippen LogP contribution >= 0.6 is 0 Å². The summed E-state index contributed by atoms with van der Waals surface area (Å²) in [5, 5.41) is 3.12. The Labute approximate surface area is 195 Å². The van der Waals surface area contributed by atoms with Gasteiger partial charge in [0.25, 0.3) is 0 Å². The summed E-state index contributed by atoms with van der Waals surface area (Å²) in [6.07, 6.45) is 0. The average molecular weight is 474 g/mol. The second-order valence-electron chi connectivity index (χ2n) is 8.78. The van der Waals surface area contributed by atoms with E-state index >= 15 is 0 Å². The number of sulfonamides is 1. The smallest absolute Gasteiger partial charge is 0.317 e. The third-order valence-corrected chi connectivity index (χ3v) is 7.97. The largest absolute Gasteiger partial charge is 0.486 e. The predicted molar refractivity (Wildman–Crippen MR) is 125 cm³/mol. The third-order valence-electron chi connectivity index (χ3n) is 6.06. The SMILES string of the molecule is Cc1ccc(S(=O)(=O)N2CCN(C(=O)NC(c3ccc4c(c3)OCCO4)C(C)C)CC2)cc1. The number of carbonyl (C=O) groups excluding carboxylic acids is 1. The summed E-state index contributed by atoms with van der Waals surface area (Å²) in [6, 6.07) is 12.2. The van der Waals surface area contributed by atoms with Crippen LogP contribution in [0.3, 0.4) is 0 Å². The van der Waals surface area contributed by atoms with Gasteiger partial charge in [-0.3, -0.25) is 0 Å². The Kier molecular flexibility index (Phi) is 6.81. The standard InChI is InChI=1S/C24H31N3O5S/c1-17(2)23(19-6-9-21-22(16-19)32-15-14-31-21)25-24(28)26-10-12-27(13-11-26)33(29,30)20-7-4-18(3)5-8-20/h4-9,16-17,23H,10-15H2,1-3H3,(H,25,28). The van der Waals surface area contributed by atoms with Crippen molar-refractivity contribution >= 4 is 16.1 Å². The van der Waals surface area contributed by atoms with Crippen molar-refractivity contribution in [2.24, 2.45) is 5.92 Å². The lowest BCUT2D eigenvalue weighted by Gasteiger charge is -2.35. The maximum atomic E-state index is 13.0. The van der Waals surface area contributed by atoms with Crippen LogP contribution in [-0.2, 0) is 10.0 Å². The minimum atomic E-state index is -3.57. The van der Waals surface area contributed by atoms with Crippen molar-refractivity contribution in [2.45, 2.75) is 31.7 Å². The predicted octanol–water partition coefficient (Wildman–Crippen LogP) is 3.18. The molecule has 9 heteroatoms. The topological polar surface area (TPSA) is 88.2 Å². The Morgan fingerprint density at radius 2 is 1.58 bits per heavy atom. The molecule has 1 fully saturated rings. The minimum absolute atomic E-state index is 0.153. The molecule has 2 aromatic rings. The maximum absolute atomic E-state index is 13.0. The molecule has 0 aromatic heterocycles. The lowest BCUT2D eigenvalue weighted by atomic mass is 9.95. The van der Waals surface area contributed by atoms with Gasteiger partial charge in [0, 0.05) is 26.2 Å². The highest BCUT2D eigenvalue weighted by Crippen LogP contribution is 2.34. The monoisotopic (exact) mass is 473 g/mol. The van der Waals surface area contributed by atoms with Gasteiger partial charge in [0.2, 0.25) is 10.0 Å². The number of nitrogens with zero attached hydrogens (tertiary/aromatic N) is 2. The molecule has 0 radical (unpaired) electrons. The number of rotatable bonds is 5. The molecule has 0 aliphatic carbocycles. The van der Waals surface area contributed by atoms with Gasteiger partial charge in [-0.05, 0) is 42.7 Å². The molecule has 1 saturated heterocycles. The maximum Gasteiger partial charge on any atom is 0.317 e. The van der Waals surface area contributed by atoms with E-state index in [9.17, 15) is 13.2 Å². The summed E-state index contributed by atoms with van der Waals surface area (Å²) < 4.78 is 38.6. The first kappa shape index (κ1) is 23.4. The first-order valence-electron chi connectivity index (χ1n) is 11.3. The molecule has 1 unspecified atom stereocenters. The van der Waals surface area contributed by atoms with E-state index in [4.69, 9.17) is 9.47 Å². The molecule has 0 spiro atoms. The second-order valence-corrected chi connectivity index (χ2v) is 10.7. The van der Waals surface area contributed by atoms with Gasteiger partial charge in [-0.2, -0.15) is 4.31 Å². The number of urea groups is 1. The highest BCUT2D eigenvalue weighted by molar-refractivity contribution is 7.89. The van der Waals surface area contributed by atoms with Crippen molar-refractivity contribution < 1.29 is 22.7 Å². The molecule has 1 atom stereocenters. The summed E-state index contributed by atoms with van der Waals surface area (Å²) in [4.78, 5) is 15.0. The molecule has 2 aliphatic rings. The van der Waals surface area contributed by atoms with E-state index in [1.807, 2.05) is 39.0 Å². The van der Waals surface area contributed by atoms with E-state index in [1.165, 1.54) is 4.31 Å². The van der Waals surface area contributed by atoms with Crippen LogP contribution in [0.4, 0.5) is 4.79 Å². The number of benzene rings is 2. The molecule has 4 rings (SSSR count). The molecule has 2 aromatic carbocycles. The molecular weight excluding hydrogens is 442 g/mol. The number of aryl methyl sites for hydroxylation is 1. The Balaban J connectivity index is 1.40. The Hall–Kier alpha value is -2.78. The Morgan fingerprint density at radius 1 is 0.939 bits per heavy atom. The minimum Gasteiger partial charge on any atom is -0.486 e. The van der Waals surface area contributed by atoms with Crippen LogP contribution in [0, 0.1) is 12.8 Å². The van der Waals surface area contributed by atoms with Gasteiger partial charge in [0.1, 0.15) is 13.2 Å². The molecular formula is C24H31N3O5S. The normalized spacial score (nSPS) is 17.6. The lowest BCUT2D eigenvalue weighted by Crippen LogP contribution is -2.53. The zero-order chi connectivity index (χ0) is 23.6. The number of hydrogen-bond donors (Lipinski definition) is 1. The number of hydrogen-bond acceptors (Lipinski definition) is 5. The van der Waals surface area contributed by atoms with Gasteiger partial charge >= 0.3 is 6.03 Å². The molecule has 2 amide bonds. The van der Waals surface area contributed by atoms with Crippen molar-refractivity contribution in [3.05, 3.63) is 53.6 Å². The van der Waals surface area contributed by atoms with Crippen LogP contribution in [0.2, 0.25) is 0 Å². The van der Waals surface area contributed by atoms with Gasteiger partial charge < -0.3 is 19.7 Å². The molecule has 178 valence electrons. The van der Waals surface area contributed by atoms with Gasteiger partial charge in [-0.1, -0.05) is 37.6 Å². The molecule has 8 nitrogen and oxygen atoms in total. The van der Waals surface area contributed by atoms with Gasteiger partial charge in [0.05, 0.1) is 10.9 Å². The lowest BCUT2D eigenvalue weighted by molar-refractivity contribution is 0.165. The molecule has 33 heavy (non-hydrogen) atoms. The molecule has 0 saturated carbocycles. The van der Waals surface area contributed by atoms with Crippen molar-refractivity contribution in [3.63, 3.8) is 0 Å². The van der Waals surface area contributed by atoms with Gasteiger partial charge in [-0.25, -0.2) is 13.2 Å². The van der Waals surface area contributed by atoms with Crippen LogP contribution in [-0.4, -0.2) is 63.0 Å². The Bertz CT molecular complexity index is 1090. The molecule has 1 N–H and O–H groups in total. The fraction of sp³-hybridized carbons (Fsp3) is 0.458. The number of carbonyl (C=O) groups is 1. The van der Waals surface area contributed by atoms with E-state index in [0.29, 0.717) is 37.8 Å². The van der Waals surface area contributed by atoms with Crippen LogP contribution in [0.15, 0.2) is 47.4 Å². The summed E-state index contributed by atoms with van der Waals surface area (Å²) in [5.41, 5.74) is 1.95. The van der Waals surface area contributed by atoms with Crippen molar-refractivity contribution in [2.75, 3.05) is 39.4 Å². The average Bonchev–Trinajstić information content (AvgIpc) is 2.82. The van der Waals surface area contributed by atoms with E-state index in [-0.39, 0.29) is 36.0 Å². The fourth-order valence-corrected chi connectivity index (χ4v) is 5.53. The first-order valence-corrected chi connectivity index (χ1v) is 12.7. The third kappa shape index (κ3) is 5.09. The molecule has 2 aliphatic heterocycles. The Morgan fingerprint density at radius 3 is 2.21 bits per heavy atom. The van der Waals surface area contributed by atoms with Gasteiger partial charge in [0.15, 0.2) is 11.5 Å². The summed E-state index contributed by atoms with van der Waals surface area (Å²) in [5.74, 6) is 1.55. The molecule has 2 heterocycles.